The average molecular weight is 236 g/mol. The molecule has 0 amide bonds. The second-order valence-corrected chi connectivity index (χ2v) is 4.60. The summed E-state index contributed by atoms with van der Waals surface area (Å²) in [4.78, 5) is 9.15. The summed E-state index contributed by atoms with van der Waals surface area (Å²) in [5.74, 6) is 0. The lowest BCUT2D eigenvalue weighted by Crippen LogP contribution is -1.90. The number of rotatable bonds is 2. The Labute approximate surface area is 107 Å². The van der Waals surface area contributed by atoms with Gasteiger partial charge in [-0.05, 0) is 36.1 Å². The normalized spacial score (nSPS) is 11.2. The van der Waals surface area contributed by atoms with Crippen molar-refractivity contribution in [3.8, 4) is 0 Å². The highest BCUT2D eigenvalue weighted by atomic mass is 14.7. The van der Waals surface area contributed by atoms with Gasteiger partial charge in [0.1, 0.15) is 0 Å². The van der Waals surface area contributed by atoms with Crippen LogP contribution in [0, 0.1) is 0 Å². The fourth-order valence-corrected chi connectivity index (χ4v) is 2.27. The number of aromatic nitrogens is 2. The maximum absolute atomic E-state index is 4.57. The summed E-state index contributed by atoms with van der Waals surface area (Å²) in [7, 11) is 0. The lowest BCUT2D eigenvalue weighted by Gasteiger charge is -2.05. The van der Waals surface area contributed by atoms with Gasteiger partial charge in [-0.3, -0.25) is 9.97 Å². The molecule has 1 aromatic carbocycles. The number of pyridine rings is 2. The lowest BCUT2D eigenvalue weighted by atomic mass is 10.1. The van der Waals surface area contributed by atoms with Crippen LogP contribution in [-0.4, -0.2) is 9.97 Å². The van der Waals surface area contributed by atoms with Gasteiger partial charge < -0.3 is 0 Å². The Morgan fingerprint density at radius 3 is 1.61 bits per heavy atom. The number of benzene rings is 1. The SMILES string of the molecule is CCc1cnc2c(ccc3cc(CC)cnc32)c1. The van der Waals surface area contributed by atoms with Crippen LogP contribution in [0.3, 0.4) is 0 Å². The largest absolute Gasteiger partial charge is 0.254 e. The van der Waals surface area contributed by atoms with Gasteiger partial charge in [0.2, 0.25) is 0 Å². The highest BCUT2D eigenvalue weighted by Gasteiger charge is 2.04. The first kappa shape index (κ1) is 11.1. The van der Waals surface area contributed by atoms with E-state index in [1.54, 1.807) is 0 Å². The van der Waals surface area contributed by atoms with Crippen molar-refractivity contribution in [1.82, 2.24) is 9.97 Å². The summed E-state index contributed by atoms with van der Waals surface area (Å²) >= 11 is 0. The van der Waals surface area contributed by atoms with E-state index < -0.39 is 0 Å². The van der Waals surface area contributed by atoms with Crippen LogP contribution in [0.5, 0.6) is 0 Å². The van der Waals surface area contributed by atoms with Gasteiger partial charge >= 0.3 is 0 Å². The number of fused-ring (bicyclic) bond motifs is 3. The van der Waals surface area contributed by atoms with Crippen molar-refractivity contribution in [3.63, 3.8) is 0 Å². The molecule has 90 valence electrons. The molecule has 0 fully saturated rings. The molecule has 0 N–H and O–H groups in total. The molecule has 2 nitrogen and oxygen atoms in total. The highest BCUT2D eigenvalue weighted by Crippen LogP contribution is 2.23. The monoisotopic (exact) mass is 236 g/mol. The molecule has 0 atom stereocenters. The number of hydrogen-bond donors (Lipinski definition) is 0. The molecule has 0 radical (unpaired) electrons. The lowest BCUT2D eigenvalue weighted by molar-refractivity contribution is 1.11. The van der Waals surface area contributed by atoms with Crippen molar-refractivity contribution in [1.29, 1.82) is 0 Å². The van der Waals surface area contributed by atoms with Gasteiger partial charge in [-0.15, -0.1) is 0 Å². The summed E-state index contributed by atoms with van der Waals surface area (Å²) in [5.41, 5.74) is 4.55. The van der Waals surface area contributed by atoms with Crippen molar-refractivity contribution in [2.75, 3.05) is 0 Å². The van der Waals surface area contributed by atoms with E-state index in [0.29, 0.717) is 0 Å². The second-order valence-electron chi connectivity index (χ2n) is 4.60. The van der Waals surface area contributed by atoms with Gasteiger partial charge in [0, 0.05) is 23.2 Å². The Balaban J connectivity index is 2.32. The standard InChI is InChI=1S/C16H16N2/c1-3-11-7-13-5-6-14-8-12(4-2)10-18-16(14)15(13)17-9-11/h5-10H,3-4H2,1-2H3. The minimum atomic E-state index is 1.01. The third kappa shape index (κ3) is 1.74. The molecule has 2 heterocycles. The van der Waals surface area contributed by atoms with E-state index in [9.17, 15) is 0 Å². The molecule has 0 aliphatic carbocycles. The molecule has 18 heavy (non-hydrogen) atoms. The fraction of sp³-hybridized carbons (Fsp3) is 0.250. The quantitative estimate of drug-likeness (QED) is 0.630. The smallest absolute Gasteiger partial charge is 0.0964 e. The van der Waals surface area contributed by atoms with E-state index in [0.717, 1.165) is 23.9 Å². The van der Waals surface area contributed by atoms with Gasteiger partial charge in [-0.25, -0.2) is 0 Å². The van der Waals surface area contributed by atoms with Crippen LogP contribution >= 0.6 is 0 Å². The predicted molar refractivity (Wildman–Crippen MR) is 75.8 cm³/mol. The van der Waals surface area contributed by atoms with Crippen molar-refractivity contribution >= 4 is 21.8 Å². The zero-order chi connectivity index (χ0) is 12.5. The van der Waals surface area contributed by atoms with E-state index in [4.69, 9.17) is 0 Å². The van der Waals surface area contributed by atoms with E-state index in [1.807, 2.05) is 12.4 Å². The summed E-state index contributed by atoms with van der Waals surface area (Å²) in [6.07, 6.45) is 5.95. The van der Waals surface area contributed by atoms with E-state index >= 15 is 0 Å². The predicted octanol–water partition coefficient (Wildman–Crippen LogP) is 3.91. The van der Waals surface area contributed by atoms with Crippen LogP contribution in [0.15, 0.2) is 36.7 Å². The molecule has 2 aromatic heterocycles. The first-order valence-electron chi connectivity index (χ1n) is 6.48. The Morgan fingerprint density at radius 2 is 1.22 bits per heavy atom. The summed E-state index contributed by atoms with van der Waals surface area (Å²) < 4.78 is 0. The molecule has 3 aromatic rings. The van der Waals surface area contributed by atoms with E-state index in [1.165, 1.54) is 21.9 Å². The van der Waals surface area contributed by atoms with Crippen molar-refractivity contribution in [2.24, 2.45) is 0 Å². The number of aryl methyl sites for hydroxylation is 2. The zero-order valence-corrected chi connectivity index (χ0v) is 10.8. The zero-order valence-electron chi connectivity index (χ0n) is 10.8. The first-order valence-corrected chi connectivity index (χ1v) is 6.48. The molecule has 0 bridgehead atoms. The van der Waals surface area contributed by atoms with Gasteiger partial charge in [0.25, 0.3) is 0 Å². The summed E-state index contributed by atoms with van der Waals surface area (Å²) in [5, 5.41) is 2.36. The Hall–Kier alpha value is -1.96. The molecule has 3 rings (SSSR count). The van der Waals surface area contributed by atoms with Crippen molar-refractivity contribution in [2.45, 2.75) is 26.7 Å². The molecule has 0 spiro atoms. The van der Waals surface area contributed by atoms with E-state index in [2.05, 4.69) is 48.1 Å². The number of nitrogens with zero attached hydrogens (tertiary/aromatic N) is 2. The van der Waals surface area contributed by atoms with Crippen LogP contribution in [-0.2, 0) is 12.8 Å². The van der Waals surface area contributed by atoms with Crippen molar-refractivity contribution in [3.05, 3.63) is 47.8 Å². The third-order valence-electron chi connectivity index (χ3n) is 3.43. The fourth-order valence-electron chi connectivity index (χ4n) is 2.27. The summed E-state index contributed by atoms with van der Waals surface area (Å²) in [6.45, 7) is 4.30. The maximum Gasteiger partial charge on any atom is 0.0964 e. The molecule has 0 aliphatic heterocycles. The maximum atomic E-state index is 4.57. The number of hydrogen-bond acceptors (Lipinski definition) is 2. The Bertz CT molecular complexity index is 654. The van der Waals surface area contributed by atoms with Gasteiger partial charge in [0.05, 0.1) is 11.0 Å². The van der Waals surface area contributed by atoms with Gasteiger partial charge in [-0.1, -0.05) is 26.0 Å². The Morgan fingerprint density at radius 1 is 0.778 bits per heavy atom. The molecular weight excluding hydrogens is 220 g/mol. The van der Waals surface area contributed by atoms with Gasteiger partial charge in [0.15, 0.2) is 0 Å². The highest BCUT2D eigenvalue weighted by molar-refractivity contribution is 6.02. The summed E-state index contributed by atoms with van der Waals surface area (Å²) in [6, 6.07) is 8.70. The van der Waals surface area contributed by atoms with Crippen LogP contribution in [0.1, 0.15) is 25.0 Å². The molecule has 0 aliphatic rings. The molecule has 0 saturated carbocycles. The molecule has 2 heteroatoms. The van der Waals surface area contributed by atoms with Crippen LogP contribution < -0.4 is 0 Å². The minimum absolute atomic E-state index is 1.01. The molecule has 0 saturated heterocycles. The van der Waals surface area contributed by atoms with Crippen LogP contribution in [0.25, 0.3) is 21.8 Å². The second kappa shape index (κ2) is 4.37. The Kier molecular flexibility index (Phi) is 2.71. The molecular formula is C16H16N2. The van der Waals surface area contributed by atoms with Crippen molar-refractivity contribution < 1.29 is 0 Å². The minimum Gasteiger partial charge on any atom is -0.254 e. The third-order valence-corrected chi connectivity index (χ3v) is 3.43. The van der Waals surface area contributed by atoms with Gasteiger partial charge in [-0.2, -0.15) is 0 Å². The van der Waals surface area contributed by atoms with Crippen LogP contribution in [0.2, 0.25) is 0 Å². The topological polar surface area (TPSA) is 25.8 Å². The average Bonchev–Trinajstić information content (AvgIpc) is 2.45. The van der Waals surface area contributed by atoms with Crippen LogP contribution in [0.4, 0.5) is 0 Å². The van der Waals surface area contributed by atoms with E-state index in [-0.39, 0.29) is 0 Å². The first-order chi connectivity index (χ1) is 8.81. The molecule has 0 unspecified atom stereocenters.